The van der Waals surface area contributed by atoms with E-state index in [0.29, 0.717) is 19.0 Å². The van der Waals surface area contributed by atoms with Crippen LogP contribution < -0.4 is 4.90 Å². The van der Waals surface area contributed by atoms with E-state index in [9.17, 15) is 13.2 Å². The average Bonchev–Trinajstić information content (AvgIpc) is 2.27. The number of halogens is 3. The van der Waals surface area contributed by atoms with Crippen LogP contribution in [0, 0.1) is 17.6 Å². The van der Waals surface area contributed by atoms with Crippen LogP contribution in [0.4, 0.5) is 19.0 Å². The lowest BCUT2D eigenvalue weighted by atomic mass is 9.91. The van der Waals surface area contributed by atoms with Crippen molar-refractivity contribution in [2.24, 2.45) is 0 Å². The van der Waals surface area contributed by atoms with Gasteiger partial charge in [-0.05, 0) is 25.7 Å². The molecule has 1 saturated carbocycles. The highest BCUT2D eigenvalue weighted by Gasteiger charge is 2.28. The topological polar surface area (TPSA) is 36.4 Å². The summed E-state index contributed by atoms with van der Waals surface area (Å²) in [4.78, 5) is 4.98. The first-order chi connectivity index (χ1) is 8.63. The molecule has 3 nitrogen and oxygen atoms in total. The maximum atomic E-state index is 13.7. The first-order valence-corrected chi connectivity index (χ1v) is 6.02. The summed E-state index contributed by atoms with van der Waals surface area (Å²) < 4.78 is 39.6. The minimum absolute atomic E-state index is 0.0332. The van der Waals surface area contributed by atoms with Crippen molar-refractivity contribution in [3.05, 3.63) is 23.6 Å². The predicted octanol–water partition coefficient (Wildman–Crippen LogP) is 2.24. The van der Waals surface area contributed by atoms with Crippen molar-refractivity contribution >= 4 is 5.82 Å². The zero-order valence-electron chi connectivity index (χ0n) is 9.87. The standard InChI is InChI=1S/C12H15F3N2O/c13-9-7-10(14)12(16-11(9)15)17(5-2-6-18)8-3-1-4-8/h7-8,18H,1-6H2. The van der Waals surface area contributed by atoms with Gasteiger partial charge in [-0.2, -0.15) is 9.37 Å². The Morgan fingerprint density at radius 2 is 2.00 bits per heavy atom. The van der Waals surface area contributed by atoms with E-state index in [4.69, 9.17) is 5.11 Å². The van der Waals surface area contributed by atoms with Gasteiger partial charge in [0.1, 0.15) is 0 Å². The summed E-state index contributed by atoms with van der Waals surface area (Å²) in [6.07, 6.45) is 3.24. The van der Waals surface area contributed by atoms with E-state index in [1.54, 1.807) is 4.90 Å². The van der Waals surface area contributed by atoms with Gasteiger partial charge in [-0.1, -0.05) is 0 Å². The predicted molar refractivity (Wildman–Crippen MR) is 60.8 cm³/mol. The summed E-state index contributed by atoms with van der Waals surface area (Å²) in [5, 5.41) is 8.83. The van der Waals surface area contributed by atoms with Gasteiger partial charge in [-0.15, -0.1) is 0 Å². The van der Waals surface area contributed by atoms with E-state index in [1.807, 2.05) is 0 Å². The molecular weight excluding hydrogens is 245 g/mol. The average molecular weight is 260 g/mol. The van der Waals surface area contributed by atoms with E-state index >= 15 is 0 Å². The zero-order valence-corrected chi connectivity index (χ0v) is 9.87. The van der Waals surface area contributed by atoms with Crippen LogP contribution >= 0.6 is 0 Å². The van der Waals surface area contributed by atoms with Gasteiger partial charge in [0.25, 0.3) is 5.95 Å². The summed E-state index contributed by atoms with van der Waals surface area (Å²) >= 11 is 0. The van der Waals surface area contributed by atoms with Crippen molar-refractivity contribution in [3.63, 3.8) is 0 Å². The summed E-state index contributed by atoms with van der Waals surface area (Å²) in [5.74, 6) is -3.60. The molecule has 1 aliphatic rings. The zero-order chi connectivity index (χ0) is 13.1. The Kier molecular flexibility index (Phi) is 4.06. The Bertz CT molecular complexity index is 424. The van der Waals surface area contributed by atoms with Gasteiger partial charge in [-0.3, -0.25) is 0 Å². The molecule has 1 aromatic heterocycles. The van der Waals surface area contributed by atoms with Gasteiger partial charge in [0.15, 0.2) is 17.5 Å². The highest BCUT2D eigenvalue weighted by atomic mass is 19.2. The number of hydrogen-bond acceptors (Lipinski definition) is 3. The van der Waals surface area contributed by atoms with Gasteiger partial charge in [-0.25, -0.2) is 8.78 Å². The Balaban J connectivity index is 2.25. The smallest absolute Gasteiger partial charge is 0.251 e. The summed E-state index contributed by atoms with van der Waals surface area (Å²) in [6, 6.07) is 0.617. The molecule has 1 N–H and O–H groups in total. The molecule has 6 heteroatoms. The van der Waals surface area contributed by atoms with Crippen LogP contribution in [0.25, 0.3) is 0 Å². The normalized spacial score (nSPS) is 15.6. The first kappa shape index (κ1) is 13.1. The van der Waals surface area contributed by atoms with Crippen molar-refractivity contribution < 1.29 is 18.3 Å². The van der Waals surface area contributed by atoms with Gasteiger partial charge in [0.05, 0.1) is 0 Å². The first-order valence-electron chi connectivity index (χ1n) is 6.02. The molecule has 18 heavy (non-hydrogen) atoms. The second-order valence-corrected chi connectivity index (χ2v) is 4.42. The summed E-state index contributed by atoms with van der Waals surface area (Å²) in [7, 11) is 0. The number of nitrogens with zero attached hydrogens (tertiary/aromatic N) is 2. The largest absolute Gasteiger partial charge is 0.396 e. The molecule has 0 aliphatic heterocycles. The molecule has 0 spiro atoms. The molecule has 0 unspecified atom stereocenters. The van der Waals surface area contributed by atoms with Crippen LogP contribution in [0.5, 0.6) is 0 Å². The van der Waals surface area contributed by atoms with Crippen LogP contribution in [0.2, 0.25) is 0 Å². The molecule has 1 heterocycles. The lowest BCUT2D eigenvalue weighted by Crippen LogP contribution is -2.42. The molecule has 2 rings (SSSR count). The van der Waals surface area contributed by atoms with Crippen LogP contribution in [0.3, 0.4) is 0 Å². The number of aliphatic hydroxyl groups excluding tert-OH is 1. The van der Waals surface area contributed by atoms with E-state index in [0.717, 1.165) is 19.3 Å². The molecule has 0 bridgehead atoms. The quantitative estimate of drug-likeness (QED) is 0.825. The van der Waals surface area contributed by atoms with Crippen LogP contribution in [0.15, 0.2) is 6.07 Å². The van der Waals surface area contributed by atoms with Crippen molar-refractivity contribution in [1.29, 1.82) is 0 Å². The molecule has 0 radical (unpaired) electrons. The minimum atomic E-state index is -1.29. The van der Waals surface area contributed by atoms with Crippen LogP contribution in [-0.2, 0) is 0 Å². The fourth-order valence-corrected chi connectivity index (χ4v) is 2.04. The third-order valence-electron chi connectivity index (χ3n) is 3.21. The lowest BCUT2D eigenvalue weighted by Gasteiger charge is -2.38. The summed E-state index contributed by atoms with van der Waals surface area (Å²) in [5.41, 5.74) is 0. The number of pyridine rings is 1. The van der Waals surface area contributed by atoms with Gasteiger partial charge >= 0.3 is 0 Å². The van der Waals surface area contributed by atoms with Crippen molar-refractivity contribution in [1.82, 2.24) is 4.98 Å². The van der Waals surface area contributed by atoms with E-state index in [1.165, 1.54) is 0 Å². The van der Waals surface area contributed by atoms with Gasteiger partial charge in [0, 0.05) is 25.3 Å². The Labute approximate surface area is 103 Å². The van der Waals surface area contributed by atoms with Crippen LogP contribution in [0.1, 0.15) is 25.7 Å². The van der Waals surface area contributed by atoms with E-state index in [-0.39, 0.29) is 18.5 Å². The molecule has 1 aliphatic carbocycles. The number of anilines is 1. The van der Waals surface area contributed by atoms with Crippen molar-refractivity contribution in [2.75, 3.05) is 18.1 Å². The van der Waals surface area contributed by atoms with Crippen molar-refractivity contribution in [2.45, 2.75) is 31.7 Å². The fraction of sp³-hybridized carbons (Fsp3) is 0.583. The monoisotopic (exact) mass is 260 g/mol. The molecule has 100 valence electrons. The lowest BCUT2D eigenvalue weighted by molar-refractivity contribution is 0.282. The van der Waals surface area contributed by atoms with Gasteiger partial charge in [0.2, 0.25) is 0 Å². The maximum Gasteiger partial charge on any atom is 0.251 e. The SMILES string of the molecule is OCCCN(c1nc(F)c(F)cc1F)C1CCC1. The molecule has 0 atom stereocenters. The molecular formula is C12H15F3N2O. The third kappa shape index (κ3) is 2.58. The summed E-state index contributed by atoms with van der Waals surface area (Å²) in [6.45, 7) is 0.352. The molecule has 0 aromatic carbocycles. The minimum Gasteiger partial charge on any atom is -0.396 e. The highest BCUT2D eigenvalue weighted by Crippen LogP contribution is 2.30. The molecule has 1 fully saturated rings. The maximum absolute atomic E-state index is 13.7. The third-order valence-corrected chi connectivity index (χ3v) is 3.21. The van der Waals surface area contributed by atoms with Crippen molar-refractivity contribution in [3.8, 4) is 0 Å². The fourth-order valence-electron chi connectivity index (χ4n) is 2.04. The van der Waals surface area contributed by atoms with Gasteiger partial charge < -0.3 is 10.0 Å². The number of aliphatic hydroxyl groups is 1. The van der Waals surface area contributed by atoms with Crippen LogP contribution in [-0.4, -0.2) is 29.3 Å². The van der Waals surface area contributed by atoms with E-state index in [2.05, 4.69) is 4.98 Å². The Morgan fingerprint density at radius 3 is 2.56 bits per heavy atom. The van der Waals surface area contributed by atoms with E-state index < -0.39 is 17.6 Å². The number of rotatable bonds is 5. The molecule has 0 amide bonds. The highest BCUT2D eigenvalue weighted by molar-refractivity contribution is 5.42. The molecule has 0 saturated heterocycles. The number of aromatic nitrogens is 1. The Hall–Kier alpha value is -1.30. The Morgan fingerprint density at radius 1 is 1.28 bits per heavy atom. The molecule has 1 aromatic rings. The second kappa shape index (κ2) is 5.56. The number of hydrogen-bond donors (Lipinski definition) is 1. The second-order valence-electron chi connectivity index (χ2n) is 4.42.